The quantitative estimate of drug-likeness (QED) is 0.655. The number of carbonyl (C=O) groups is 2. The van der Waals surface area contributed by atoms with Crippen LogP contribution in [0.1, 0.15) is 23.1 Å². The van der Waals surface area contributed by atoms with Crippen molar-refractivity contribution in [3.05, 3.63) is 59.2 Å². The van der Waals surface area contributed by atoms with Crippen LogP contribution >= 0.6 is 11.8 Å². The van der Waals surface area contributed by atoms with E-state index in [1.54, 1.807) is 6.21 Å². The van der Waals surface area contributed by atoms with Crippen LogP contribution in [0.25, 0.3) is 0 Å². The Balaban J connectivity index is 1.59. The molecular formula is C19H19N3O2S. The van der Waals surface area contributed by atoms with Gasteiger partial charge < -0.3 is 5.32 Å². The molecule has 2 aromatic carbocycles. The summed E-state index contributed by atoms with van der Waals surface area (Å²) in [4.78, 5) is 25.2. The topological polar surface area (TPSA) is 70.6 Å². The van der Waals surface area contributed by atoms with E-state index in [-0.39, 0.29) is 18.2 Å². The lowest BCUT2D eigenvalue weighted by atomic mass is 10.1. The summed E-state index contributed by atoms with van der Waals surface area (Å²) in [5.74, 6) is -0.439. The zero-order valence-corrected chi connectivity index (χ0v) is 14.9. The van der Waals surface area contributed by atoms with Gasteiger partial charge in [0.1, 0.15) is 0 Å². The van der Waals surface area contributed by atoms with Gasteiger partial charge >= 0.3 is 0 Å². The van der Waals surface area contributed by atoms with Gasteiger partial charge in [0.25, 0.3) is 0 Å². The third-order valence-electron chi connectivity index (χ3n) is 3.91. The summed E-state index contributed by atoms with van der Waals surface area (Å²) < 4.78 is 0. The first-order chi connectivity index (χ1) is 12.0. The number of fused-ring (bicyclic) bond motifs is 1. The van der Waals surface area contributed by atoms with Crippen LogP contribution in [-0.4, -0.2) is 23.3 Å². The Morgan fingerprint density at radius 3 is 2.92 bits per heavy atom. The largest absolute Gasteiger partial charge is 0.324 e. The van der Waals surface area contributed by atoms with E-state index in [1.165, 1.54) is 11.8 Å². The van der Waals surface area contributed by atoms with E-state index in [4.69, 9.17) is 0 Å². The Kier molecular flexibility index (Phi) is 5.19. The molecule has 1 heterocycles. The summed E-state index contributed by atoms with van der Waals surface area (Å²) in [6.45, 7) is 4.00. The number of hydrazone groups is 1. The number of rotatable bonds is 4. The van der Waals surface area contributed by atoms with Gasteiger partial charge in [-0.3, -0.25) is 9.59 Å². The molecule has 1 aliphatic heterocycles. The van der Waals surface area contributed by atoms with Crippen LogP contribution in [0, 0.1) is 13.8 Å². The molecule has 5 nitrogen and oxygen atoms in total. The van der Waals surface area contributed by atoms with Crippen LogP contribution in [-0.2, 0) is 9.59 Å². The average molecular weight is 353 g/mol. The van der Waals surface area contributed by atoms with Gasteiger partial charge in [0, 0.05) is 11.3 Å². The number of amides is 2. The van der Waals surface area contributed by atoms with Gasteiger partial charge in [-0.05, 0) is 37.1 Å². The highest BCUT2D eigenvalue weighted by atomic mass is 32.2. The third kappa shape index (κ3) is 4.28. The van der Waals surface area contributed by atoms with Crippen molar-refractivity contribution in [2.75, 3.05) is 5.32 Å². The van der Waals surface area contributed by atoms with Gasteiger partial charge in [0.05, 0.1) is 17.2 Å². The molecular weight excluding hydrogens is 334 g/mol. The third-order valence-corrected chi connectivity index (χ3v) is 5.18. The Labute approximate surface area is 150 Å². The predicted octanol–water partition coefficient (Wildman–Crippen LogP) is 3.26. The fourth-order valence-corrected chi connectivity index (χ4v) is 3.62. The van der Waals surface area contributed by atoms with Crippen LogP contribution in [0.2, 0.25) is 0 Å². The minimum Gasteiger partial charge on any atom is -0.324 e. The fourth-order valence-electron chi connectivity index (χ4n) is 2.51. The first kappa shape index (κ1) is 17.2. The molecule has 0 spiro atoms. The van der Waals surface area contributed by atoms with E-state index in [0.717, 1.165) is 27.3 Å². The lowest BCUT2D eigenvalue weighted by Crippen LogP contribution is -2.33. The van der Waals surface area contributed by atoms with Crippen molar-refractivity contribution in [3.63, 3.8) is 0 Å². The molecule has 2 aromatic rings. The number of thioether (sulfide) groups is 1. The number of para-hydroxylation sites is 1. The molecule has 0 aromatic heterocycles. The molecule has 2 N–H and O–H groups in total. The summed E-state index contributed by atoms with van der Waals surface area (Å²) in [5.41, 5.74) is 6.48. The van der Waals surface area contributed by atoms with E-state index in [2.05, 4.69) is 15.8 Å². The molecule has 0 unspecified atom stereocenters. The van der Waals surface area contributed by atoms with E-state index >= 15 is 0 Å². The molecule has 0 saturated carbocycles. The highest BCUT2D eigenvalue weighted by Crippen LogP contribution is 2.36. The second-order valence-electron chi connectivity index (χ2n) is 5.95. The van der Waals surface area contributed by atoms with Crippen LogP contribution < -0.4 is 10.7 Å². The second-order valence-corrected chi connectivity index (χ2v) is 7.19. The average Bonchev–Trinajstić information content (AvgIpc) is 2.58. The fraction of sp³-hybridized carbons (Fsp3) is 0.211. The minimum atomic E-state index is -0.453. The molecule has 128 valence electrons. The van der Waals surface area contributed by atoms with Crippen molar-refractivity contribution in [1.29, 1.82) is 0 Å². The Morgan fingerprint density at radius 2 is 2.08 bits per heavy atom. The highest BCUT2D eigenvalue weighted by Gasteiger charge is 2.28. The number of hydrogen-bond acceptors (Lipinski definition) is 4. The van der Waals surface area contributed by atoms with Crippen LogP contribution in [0.15, 0.2) is 52.5 Å². The first-order valence-corrected chi connectivity index (χ1v) is 8.86. The lowest BCUT2D eigenvalue weighted by Gasteiger charge is -2.23. The number of hydrogen-bond donors (Lipinski definition) is 2. The molecule has 0 aliphatic carbocycles. The molecule has 2 amide bonds. The van der Waals surface area contributed by atoms with E-state index in [9.17, 15) is 9.59 Å². The number of anilines is 1. The molecule has 0 bridgehead atoms. The van der Waals surface area contributed by atoms with Crippen molar-refractivity contribution in [1.82, 2.24) is 5.43 Å². The number of benzene rings is 2. The van der Waals surface area contributed by atoms with Gasteiger partial charge in [-0.25, -0.2) is 5.43 Å². The summed E-state index contributed by atoms with van der Waals surface area (Å²) in [6.07, 6.45) is 1.71. The number of aryl methyl sites for hydroxylation is 2. The number of nitrogens with zero attached hydrogens (tertiary/aromatic N) is 1. The molecule has 0 saturated heterocycles. The Bertz CT molecular complexity index is 848. The second kappa shape index (κ2) is 7.53. The summed E-state index contributed by atoms with van der Waals surface area (Å²) >= 11 is 1.40. The van der Waals surface area contributed by atoms with Crippen molar-refractivity contribution in [3.8, 4) is 0 Å². The van der Waals surface area contributed by atoms with Gasteiger partial charge in [-0.2, -0.15) is 5.10 Å². The molecule has 0 radical (unpaired) electrons. The lowest BCUT2D eigenvalue weighted by molar-refractivity contribution is -0.124. The zero-order chi connectivity index (χ0) is 17.8. The maximum absolute atomic E-state index is 12.1. The van der Waals surface area contributed by atoms with Crippen molar-refractivity contribution in [2.24, 2.45) is 5.10 Å². The Morgan fingerprint density at radius 1 is 1.28 bits per heavy atom. The molecule has 1 atom stereocenters. The minimum absolute atomic E-state index is 0.0783. The summed E-state index contributed by atoms with van der Waals surface area (Å²) in [6, 6.07) is 13.6. The van der Waals surface area contributed by atoms with E-state index in [1.807, 2.05) is 56.3 Å². The SMILES string of the molecule is Cc1ccc(C)c(/C=N\NC(=O)C[C@@H]2Sc3ccccc3NC2=O)c1. The molecule has 25 heavy (non-hydrogen) atoms. The Hall–Kier alpha value is -2.60. The van der Waals surface area contributed by atoms with Gasteiger partial charge in [-0.15, -0.1) is 11.8 Å². The smallest absolute Gasteiger partial charge is 0.241 e. The predicted molar refractivity (Wildman–Crippen MR) is 101 cm³/mol. The van der Waals surface area contributed by atoms with Crippen molar-refractivity contribution in [2.45, 2.75) is 30.4 Å². The van der Waals surface area contributed by atoms with Crippen molar-refractivity contribution < 1.29 is 9.59 Å². The standard InChI is InChI=1S/C19H19N3O2S/c1-12-7-8-13(2)14(9-12)11-20-22-18(23)10-17-19(24)21-15-5-3-4-6-16(15)25-17/h3-9,11,17H,10H2,1-2H3,(H,21,24)(H,22,23)/b20-11-/t17-/m0/s1. The van der Waals surface area contributed by atoms with Gasteiger partial charge in [0.15, 0.2) is 0 Å². The number of nitrogens with one attached hydrogen (secondary N) is 2. The van der Waals surface area contributed by atoms with Gasteiger partial charge in [-0.1, -0.05) is 35.9 Å². The highest BCUT2D eigenvalue weighted by molar-refractivity contribution is 8.01. The van der Waals surface area contributed by atoms with Crippen molar-refractivity contribution >= 4 is 35.5 Å². The molecule has 0 fully saturated rings. The molecule has 6 heteroatoms. The maximum atomic E-state index is 12.1. The monoisotopic (exact) mass is 353 g/mol. The van der Waals surface area contributed by atoms with Crippen LogP contribution in [0.5, 0.6) is 0 Å². The summed E-state index contributed by atoms with van der Waals surface area (Å²) in [5, 5.41) is 6.39. The van der Waals surface area contributed by atoms with Crippen LogP contribution in [0.3, 0.4) is 0 Å². The maximum Gasteiger partial charge on any atom is 0.241 e. The molecule has 1 aliphatic rings. The summed E-state index contributed by atoms with van der Waals surface area (Å²) in [7, 11) is 0. The van der Waals surface area contributed by atoms with E-state index < -0.39 is 5.25 Å². The van der Waals surface area contributed by atoms with Crippen LogP contribution in [0.4, 0.5) is 5.69 Å². The van der Waals surface area contributed by atoms with E-state index in [0.29, 0.717) is 0 Å². The molecule has 3 rings (SSSR count). The van der Waals surface area contributed by atoms with Gasteiger partial charge in [0.2, 0.25) is 11.8 Å². The first-order valence-electron chi connectivity index (χ1n) is 7.98. The zero-order valence-electron chi connectivity index (χ0n) is 14.1. The normalized spacial score (nSPS) is 16.4. The number of carbonyl (C=O) groups excluding carboxylic acids is 2.